The van der Waals surface area contributed by atoms with Crippen molar-refractivity contribution in [3.63, 3.8) is 0 Å². The van der Waals surface area contributed by atoms with Gasteiger partial charge in [-0.2, -0.15) is 0 Å². The predicted octanol–water partition coefficient (Wildman–Crippen LogP) is -0.326. The minimum Gasteiger partial charge on any atom is -0.318 e. The van der Waals surface area contributed by atoms with Gasteiger partial charge in [0.2, 0.25) is 0 Å². The Morgan fingerprint density at radius 1 is 1.50 bits per heavy atom. The third-order valence-electron chi connectivity index (χ3n) is 0.639. The quantitative estimate of drug-likeness (QED) is 0.445. The maximum absolute atomic E-state index is 5.29. The van der Waals surface area contributed by atoms with E-state index in [9.17, 15) is 0 Å². The lowest BCUT2D eigenvalue weighted by Crippen LogP contribution is -2.27. The first kappa shape index (κ1) is 8.74. The second-order valence-corrected chi connectivity index (χ2v) is 3.28. The zero-order chi connectivity index (χ0) is 6.57. The number of hydrogen-bond acceptors (Lipinski definition) is 3. The third kappa shape index (κ3) is 4.89. The summed E-state index contributed by atoms with van der Waals surface area (Å²) in [6.45, 7) is 1.43. The van der Waals surface area contributed by atoms with Crippen LogP contribution >= 0.6 is 18.8 Å². The van der Waals surface area contributed by atoms with Crippen molar-refractivity contribution in [2.24, 2.45) is 5.73 Å². The zero-order valence-electron chi connectivity index (χ0n) is 5.04. The van der Waals surface area contributed by atoms with E-state index in [-0.39, 0.29) is 0 Å². The van der Waals surface area contributed by atoms with E-state index in [4.69, 9.17) is 5.73 Å². The average Bonchev–Trinajstić information content (AvgIpc) is 1.65. The molecule has 0 aliphatic heterocycles. The van der Waals surface area contributed by atoms with Gasteiger partial charge in [0, 0.05) is 0 Å². The second-order valence-electron chi connectivity index (χ2n) is 1.67. The first-order valence-corrected chi connectivity index (χ1v) is 3.35. The first-order valence-electron chi connectivity index (χ1n) is 2.32. The zero-order valence-corrected chi connectivity index (χ0v) is 7.35. The summed E-state index contributed by atoms with van der Waals surface area (Å²) in [7, 11) is 7.06. The van der Waals surface area contributed by atoms with Gasteiger partial charge in [0.05, 0.1) is 13.3 Å². The Morgan fingerprint density at radius 2 is 2.00 bits per heavy atom. The Hall–Kier alpha value is 0.740. The van der Waals surface area contributed by atoms with Gasteiger partial charge in [0.15, 0.2) is 0 Å². The lowest BCUT2D eigenvalue weighted by atomic mass is 10.9. The number of nitrogens with zero attached hydrogens (tertiary/aromatic N) is 2. The maximum Gasteiger partial charge on any atom is 0.0578 e. The fourth-order valence-electron chi connectivity index (χ4n) is 0.344. The summed E-state index contributed by atoms with van der Waals surface area (Å²) in [5.41, 5.74) is 5.29. The predicted molar refractivity (Wildman–Crippen MR) is 42.9 cm³/mol. The molecule has 0 aliphatic rings. The van der Waals surface area contributed by atoms with Crippen LogP contribution in [0.1, 0.15) is 0 Å². The number of nitrogens with two attached hydrogens (primary N) is 1. The Kier molecular flexibility index (Phi) is 5.03. The van der Waals surface area contributed by atoms with Gasteiger partial charge < -0.3 is 5.73 Å². The van der Waals surface area contributed by atoms with E-state index in [1.807, 2.05) is 16.4 Å². The Labute approximate surface area is 55.1 Å². The molecule has 0 aromatic heterocycles. The molecule has 0 spiro atoms. The summed E-state index contributed by atoms with van der Waals surface area (Å²) in [6.07, 6.45) is 0. The molecular formula is C3H13N3P2. The van der Waals surface area contributed by atoms with E-state index < -0.39 is 0 Å². The van der Waals surface area contributed by atoms with Gasteiger partial charge in [0.1, 0.15) is 0 Å². The standard InChI is InChI=1S/C3H13N3P2/c1-5(7)3-6(8)2-4/h2-4,7-8H2,1H3. The lowest BCUT2D eigenvalue weighted by Gasteiger charge is -2.17. The minimum absolute atomic E-state index is 0.573. The van der Waals surface area contributed by atoms with Crippen LogP contribution in [-0.2, 0) is 0 Å². The molecule has 50 valence electrons. The molecule has 0 saturated carbocycles. The molecule has 0 fully saturated rings. The van der Waals surface area contributed by atoms with Crippen molar-refractivity contribution in [3.05, 3.63) is 0 Å². The van der Waals surface area contributed by atoms with E-state index in [0.717, 1.165) is 6.67 Å². The van der Waals surface area contributed by atoms with E-state index >= 15 is 0 Å². The first-order chi connectivity index (χ1) is 3.66. The highest BCUT2D eigenvalue weighted by molar-refractivity contribution is 7.14. The van der Waals surface area contributed by atoms with E-state index in [1.165, 1.54) is 0 Å². The van der Waals surface area contributed by atoms with Gasteiger partial charge in [-0.05, 0) is 7.05 Å². The Morgan fingerprint density at radius 3 is 2.12 bits per heavy atom. The molecule has 0 bridgehead atoms. The van der Waals surface area contributed by atoms with Crippen LogP contribution in [0.25, 0.3) is 0 Å². The third-order valence-corrected chi connectivity index (χ3v) is 1.18. The summed E-state index contributed by atoms with van der Waals surface area (Å²) in [4.78, 5) is 0. The topological polar surface area (TPSA) is 32.5 Å². The molecule has 2 N–H and O–H groups in total. The van der Waals surface area contributed by atoms with Crippen LogP contribution < -0.4 is 5.73 Å². The van der Waals surface area contributed by atoms with Gasteiger partial charge in [0.25, 0.3) is 0 Å². The molecule has 8 heavy (non-hydrogen) atoms. The van der Waals surface area contributed by atoms with Crippen molar-refractivity contribution < 1.29 is 0 Å². The van der Waals surface area contributed by atoms with Crippen LogP contribution in [0.15, 0.2) is 0 Å². The fraction of sp³-hybridized carbons (Fsp3) is 1.00. The van der Waals surface area contributed by atoms with Crippen molar-refractivity contribution in [2.45, 2.75) is 0 Å². The van der Waals surface area contributed by atoms with Gasteiger partial charge in [-0.3, -0.25) is 9.34 Å². The molecule has 0 aromatic rings. The number of hydrogen-bond donors (Lipinski definition) is 1. The lowest BCUT2D eigenvalue weighted by molar-refractivity contribution is 0.367. The normalized spacial score (nSPS) is 11.2. The smallest absolute Gasteiger partial charge is 0.0578 e. The summed E-state index contributed by atoms with van der Waals surface area (Å²) >= 11 is 0. The van der Waals surface area contributed by atoms with Gasteiger partial charge >= 0.3 is 0 Å². The molecular weight excluding hydrogens is 140 g/mol. The number of rotatable bonds is 3. The minimum atomic E-state index is 0.573. The van der Waals surface area contributed by atoms with Gasteiger partial charge in [-0.1, -0.05) is 18.8 Å². The fourth-order valence-corrected chi connectivity index (χ4v) is 1.00. The van der Waals surface area contributed by atoms with Crippen LogP contribution in [0.5, 0.6) is 0 Å². The second kappa shape index (κ2) is 4.60. The molecule has 0 rings (SSSR count). The molecule has 0 aliphatic carbocycles. The van der Waals surface area contributed by atoms with Gasteiger partial charge in [-0.25, -0.2) is 0 Å². The Balaban J connectivity index is 3.10. The summed E-state index contributed by atoms with van der Waals surface area (Å²) in [5, 5.41) is 0. The summed E-state index contributed by atoms with van der Waals surface area (Å²) in [5.74, 6) is 0. The molecule has 5 heteroatoms. The van der Waals surface area contributed by atoms with Crippen molar-refractivity contribution in [1.29, 1.82) is 0 Å². The van der Waals surface area contributed by atoms with Crippen LogP contribution in [0, 0.1) is 0 Å². The maximum atomic E-state index is 5.29. The van der Waals surface area contributed by atoms with Crippen molar-refractivity contribution in [2.75, 3.05) is 20.4 Å². The SMILES string of the molecule is CN(P)CN(P)CN. The largest absolute Gasteiger partial charge is 0.318 e. The highest BCUT2D eigenvalue weighted by atomic mass is 31.0. The van der Waals surface area contributed by atoms with Crippen LogP contribution in [0.2, 0.25) is 0 Å². The van der Waals surface area contributed by atoms with Crippen molar-refractivity contribution in [3.8, 4) is 0 Å². The van der Waals surface area contributed by atoms with E-state index in [2.05, 4.69) is 18.8 Å². The monoisotopic (exact) mass is 153 g/mol. The van der Waals surface area contributed by atoms with Gasteiger partial charge in [-0.15, -0.1) is 0 Å². The molecule has 0 amide bonds. The van der Waals surface area contributed by atoms with Crippen LogP contribution in [0.4, 0.5) is 0 Å². The molecule has 0 saturated heterocycles. The van der Waals surface area contributed by atoms with Crippen LogP contribution in [-0.4, -0.2) is 29.7 Å². The highest BCUT2D eigenvalue weighted by Crippen LogP contribution is 1.99. The molecule has 3 nitrogen and oxygen atoms in total. The van der Waals surface area contributed by atoms with Crippen LogP contribution in [0.3, 0.4) is 0 Å². The summed E-state index contributed by atoms with van der Waals surface area (Å²) in [6, 6.07) is 0. The Bertz CT molecular complexity index is 58.5. The molecule has 0 radical (unpaired) electrons. The van der Waals surface area contributed by atoms with E-state index in [1.54, 1.807) is 0 Å². The van der Waals surface area contributed by atoms with Crippen molar-refractivity contribution >= 4 is 18.8 Å². The van der Waals surface area contributed by atoms with Crippen molar-refractivity contribution in [1.82, 2.24) is 9.34 Å². The highest BCUT2D eigenvalue weighted by Gasteiger charge is 1.93. The van der Waals surface area contributed by atoms with E-state index in [0.29, 0.717) is 6.67 Å². The summed E-state index contributed by atoms with van der Waals surface area (Å²) < 4.78 is 3.90. The molecule has 0 aromatic carbocycles. The average molecular weight is 153 g/mol. The molecule has 2 atom stereocenters. The molecule has 0 heterocycles. The molecule has 2 unspecified atom stereocenters.